The van der Waals surface area contributed by atoms with Crippen LogP contribution < -0.4 is 15.5 Å². The van der Waals surface area contributed by atoms with Gasteiger partial charge in [-0.25, -0.2) is 4.39 Å². The Morgan fingerprint density at radius 1 is 1.26 bits per heavy atom. The minimum Gasteiger partial charge on any atom is -0.486 e. The molecule has 38 heavy (non-hydrogen) atoms. The first kappa shape index (κ1) is 24.1. The van der Waals surface area contributed by atoms with Crippen LogP contribution in [-0.2, 0) is 17.8 Å². The Balaban J connectivity index is 1.29. The summed E-state index contributed by atoms with van der Waals surface area (Å²) in [6.45, 7) is 1.74. The largest absolute Gasteiger partial charge is 0.486 e. The highest BCUT2D eigenvalue weighted by Gasteiger charge is 2.32. The molecule has 0 fully saturated rings. The van der Waals surface area contributed by atoms with Crippen molar-refractivity contribution in [2.75, 3.05) is 19.8 Å². The number of halogens is 2. The van der Waals surface area contributed by atoms with Crippen molar-refractivity contribution in [2.24, 2.45) is 0 Å². The van der Waals surface area contributed by atoms with Gasteiger partial charge < -0.3 is 29.6 Å². The third-order valence-electron chi connectivity index (χ3n) is 7.33. The molecule has 2 aromatic carbocycles. The van der Waals surface area contributed by atoms with E-state index in [-0.39, 0.29) is 41.4 Å². The quantitative estimate of drug-likeness (QED) is 0.381. The van der Waals surface area contributed by atoms with Crippen molar-refractivity contribution >= 4 is 33.6 Å². The predicted molar refractivity (Wildman–Crippen MR) is 134 cm³/mol. The maximum atomic E-state index is 14.3. The van der Waals surface area contributed by atoms with E-state index in [1.165, 1.54) is 10.8 Å². The molecule has 0 spiro atoms. The number of para-hydroxylation sites is 1. The van der Waals surface area contributed by atoms with Crippen molar-refractivity contribution in [2.45, 2.75) is 32.0 Å². The predicted octanol–water partition coefficient (Wildman–Crippen LogP) is 2.39. The number of hydrogen-bond acceptors (Lipinski definition) is 5. The number of rotatable bonds is 4. The molecule has 4 aromatic rings. The first-order valence-corrected chi connectivity index (χ1v) is 12.3. The molecule has 2 atom stereocenters. The number of aromatic amines is 1. The molecule has 2 aliphatic heterocycles. The van der Waals surface area contributed by atoms with Crippen molar-refractivity contribution in [3.05, 3.63) is 75.2 Å². The zero-order valence-electron chi connectivity index (χ0n) is 20.4. The smallest absolute Gasteiger partial charge is 0.257 e. The van der Waals surface area contributed by atoms with Gasteiger partial charge in [0, 0.05) is 29.3 Å². The zero-order chi connectivity index (χ0) is 26.7. The summed E-state index contributed by atoms with van der Waals surface area (Å²) in [5.74, 6) is -4.26. The number of aromatic nitrogens is 2. The number of aliphatic hydroxyl groups is 1. The van der Waals surface area contributed by atoms with Crippen molar-refractivity contribution < 1.29 is 28.2 Å². The molecule has 2 aromatic heterocycles. The highest BCUT2D eigenvalue weighted by molar-refractivity contribution is 6.00. The summed E-state index contributed by atoms with van der Waals surface area (Å²) in [6, 6.07) is 6.92. The molecule has 3 N–H and O–H groups in total. The average Bonchev–Trinajstić information content (AvgIpc) is 3.29. The van der Waals surface area contributed by atoms with E-state index in [0.717, 1.165) is 28.2 Å². The van der Waals surface area contributed by atoms with Crippen LogP contribution >= 0.6 is 0 Å². The standard InChI is InChI=1S/C27H24F2N4O5/c1-13-12-38-25-22(29)18(28)8-16-23(25)33(13)9-17(24(16)35)26(36)31-21(11-34)27(37)32-7-6-15-14-4-2-3-5-19(14)30-20(15)10-32/h2-5,8-9,13,21,30,34H,6-7,10-12H2,1H3,(H,31,36)/t13?,21-/m0/s1. The number of amides is 2. The van der Waals surface area contributed by atoms with Crippen LogP contribution in [0.2, 0.25) is 0 Å². The molecule has 0 aliphatic carbocycles. The maximum absolute atomic E-state index is 14.3. The number of fused-ring (bicyclic) bond motifs is 3. The van der Waals surface area contributed by atoms with Crippen LogP contribution in [0.4, 0.5) is 8.78 Å². The summed E-state index contributed by atoms with van der Waals surface area (Å²) in [5.41, 5.74) is 1.86. The Morgan fingerprint density at radius 3 is 2.84 bits per heavy atom. The van der Waals surface area contributed by atoms with Gasteiger partial charge in [-0.15, -0.1) is 0 Å². The third-order valence-corrected chi connectivity index (χ3v) is 7.33. The van der Waals surface area contributed by atoms with Gasteiger partial charge in [0.25, 0.3) is 5.91 Å². The zero-order valence-corrected chi connectivity index (χ0v) is 20.4. The minimum absolute atomic E-state index is 0.00879. The number of H-pyrrole nitrogens is 1. The lowest BCUT2D eigenvalue weighted by atomic mass is 10.0. The van der Waals surface area contributed by atoms with Gasteiger partial charge >= 0.3 is 0 Å². The normalized spacial score (nSPS) is 17.3. The van der Waals surface area contributed by atoms with Crippen LogP contribution in [0.1, 0.15) is 34.6 Å². The van der Waals surface area contributed by atoms with Gasteiger partial charge in [0.2, 0.25) is 17.2 Å². The molecule has 0 saturated carbocycles. The van der Waals surface area contributed by atoms with E-state index in [1.807, 2.05) is 24.3 Å². The number of hydrogen-bond donors (Lipinski definition) is 3. The molecule has 2 amide bonds. The first-order chi connectivity index (χ1) is 18.3. The summed E-state index contributed by atoms with van der Waals surface area (Å²) in [5, 5.41) is 13.3. The van der Waals surface area contributed by atoms with Crippen LogP contribution in [-0.4, -0.2) is 57.2 Å². The first-order valence-electron chi connectivity index (χ1n) is 12.3. The SMILES string of the molecule is CC1COc2c(F)c(F)cc3c(=O)c(C(=O)N[C@@H](CO)C(=O)N4CCc5c([nH]c6ccccc56)C4)cn1c23. The second-order valence-electron chi connectivity index (χ2n) is 9.68. The molecule has 11 heteroatoms. The molecule has 0 saturated heterocycles. The lowest BCUT2D eigenvalue weighted by Crippen LogP contribution is -2.52. The van der Waals surface area contributed by atoms with E-state index in [4.69, 9.17) is 4.74 Å². The van der Waals surface area contributed by atoms with Crippen LogP contribution in [0.25, 0.3) is 21.8 Å². The van der Waals surface area contributed by atoms with Gasteiger partial charge in [-0.1, -0.05) is 18.2 Å². The fourth-order valence-corrected chi connectivity index (χ4v) is 5.38. The van der Waals surface area contributed by atoms with E-state index >= 15 is 0 Å². The van der Waals surface area contributed by atoms with Crippen molar-refractivity contribution in [3.8, 4) is 5.75 Å². The van der Waals surface area contributed by atoms with Crippen molar-refractivity contribution in [1.29, 1.82) is 0 Å². The molecular formula is C27H24F2N4O5. The lowest BCUT2D eigenvalue weighted by molar-refractivity contribution is -0.135. The molecular weight excluding hydrogens is 498 g/mol. The molecule has 6 rings (SSSR count). The molecule has 9 nitrogen and oxygen atoms in total. The number of pyridine rings is 1. The van der Waals surface area contributed by atoms with E-state index in [0.29, 0.717) is 13.0 Å². The van der Waals surface area contributed by atoms with Crippen LogP contribution in [0.3, 0.4) is 0 Å². The minimum atomic E-state index is -1.30. The highest BCUT2D eigenvalue weighted by Crippen LogP contribution is 2.35. The van der Waals surface area contributed by atoms with Crippen LogP contribution in [0.15, 0.2) is 41.3 Å². The van der Waals surface area contributed by atoms with Gasteiger partial charge in [0.1, 0.15) is 18.2 Å². The second-order valence-corrected chi connectivity index (χ2v) is 9.68. The fraction of sp³-hybridized carbons (Fsp3) is 0.296. The number of benzene rings is 2. The van der Waals surface area contributed by atoms with Gasteiger partial charge in [0.15, 0.2) is 11.6 Å². The highest BCUT2D eigenvalue weighted by atomic mass is 19.2. The molecule has 1 unspecified atom stereocenters. The topological polar surface area (TPSA) is 117 Å². The summed E-state index contributed by atoms with van der Waals surface area (Å²) in [4.78, 5) is 44.5. The Bertz CT molecular complexity index is 1690. The van der Waals surface area contributed by atoms with Gasteiger partial charge in [-0.2, -0.15) is 4.39 Å². The summed E-state index contributed by atoms with van der Waals surface area (Å²) in [7, 11) is 0. The third kappa shape index (κ3) is 3.65. The van der Waals surface area contributed by atoms with Gasteiger partial charge in [-0.05, 0) is 31.0 Å². The number of aliphatic hydroxyl groups excluding tert-OH is 1. The fourth-order valence-electron chi connectivity index (χ4n) is 5.38. The number of carbonyl (C=O) groups excluding carboxylic acids is 2. The summed E-state index contributed by atoms with van der Waals surface area (Å²) < 4.78 is 35.4. The van der Waals surface area contributed by atoms with Gasteiger partial charge in [-0.3, -0.25) is 14.4 Å². The Kier molecular flexibility index (Phi) is 5.68. The number of nitrogens with zero attached hydrogens (tertiary/aromatic N) is 2. The number of carbonyl (C=O) groups is 2. The average molecular weight is 523 g/mol. The van der Waals surface area contributed by atoms with Crippen LogP contribution in [0, 0.1) is 11.6 Å². The van der Waals surface area contributed by atoms with Crippen molar-refractivity contribution in [1.82, 2.24) is 19.8 Å². The Hall–Kier alpha value is -4.25. The second kappa shape index (κ2) is 8.95. The van der Waals surface area contributed by atoms with Crippen LogP contribution in [0.5, 0.6) is 5.75 Å². The molecule has 0 bridgehead atoms. The number of ether oxygens (including phenoxy) is 1. The van der Waals surface area contributed by atoms with Crippen molar-refractivity contribution in [3.63, 3.8) is 0 Å². The van der Waals surface area contributed by atoms with E-state index < -0.39 is 41.5 Å². The molecule has 2 aliphatic rings. The Morgan fingerprint density at radius 2 is 2.05 bits per heavy atom. The number of nitrogens with one attached hydrogen (secondary N) is 2. The summed E-state index contributed by atoms with van der Waals surface area (Å²) >= 11 is 0. The van der Waals surface area contributed by atoms with E-state index in [1.54, 1.807) is 11.8 Å². The molecule has 0 radical (unpaired) electrons. The molecule has 4 heterocycles. The van der Waals surface area contributed by atoms with Gasteiger partial charge in [0.05, 0.1) is 30.1 Å². The van der Waals surface area contributed by atoms with E-state index in [9.17, 15) is 28.3 Å². The maximum Gasteiger partial charge on any atom is 0.257 e. The van der Waals surface area contributed by atoms with E-state index in [2.05, 4.69) is 10.3 Å². The Labute approximate surface area is 214 Å². The monoisotopic (exact) mass is 522 g/mol. The summed E-state index contributed by atoms with van der Waals surface area (Å²) in [6.07, 6.45) is 1.86. The molecule has 196 valence electrons. The lowest BCUT2D eigenvalue weighted by Gasteiger charge is -2.30.